The van der Waals surface area contributed by atoms with Crippen LogP contribution in [0, 0.1) is 0 Å². The standard InChI is InChI=1S/C13H12F3N3O2S/c14-13(15,16)8-17-10(20)7-22-12-19-18-11(21-12)6-9-4-2-1-3-5-9/h1-5H,6-8H2,(H,17,20). The molecule has 0 radical (unpaired) electrons. The second kappa shape index (κ2) is 7.30. The van der Waals surface area contributed by atoms with Gasteiger partial charge in [0.1, 0.15) is 6.54 Å². The summed E-state index contributed by atoms with van der Waals surface area (Å²) in [5.74, 6) is -0.585. The van der Waals surface area contributed by atoms with Crippen LogP contribution in [0.25, 0.3) is 0 Å². The van der Waals surface area contributed by atoms with Gasteiger partial charge < -0.3 is 9.73 Å². The first-order chi connectivity index (χ1) is 10.4. The van der Waals surface area contributed by atoms with Gasteiger partial charge in [0.05, 0.1) is 12.2 Å². The summed E-state index contributed by atoms with van der Waals surface area (Å²) in [4.78, 5) is 11.2. The molecule has 0 unspecified atom stereocenters. The highest BCUT2D eigenvalue weighted by atomic mass is 32.2. The minimum Gasteiger partial charge on any atom is -0.416 e. The molecule has 9 heteroatoms. The molecule has 1 aromatic carbocycles. The van der Waals surface area contributed by atoms with Crippen molar-refractivity contribution in [3.8, 4) is 0 Å². The Bertz CT molecular complexity index is 616. The summed E-state index contributed by atoms with van der Waals surface area (Å²) in [6.07, 6.45) is -3.97. The van der Waals surface area contributed by atoms with Crippen molar-refractivity contribution in [1.29, 1.82) is 0 Å². The fraction of sp³-hybridized carbons (Fsp3) is 0.308. The van der Waals surface area contributed by atoms with Crippen LogP contribution in [0.15, 0.2) is 40.0 Å². The molecule has 5 nitrogen and oxygen atoms in total. The van der Waals surface area contributed by atoms with E-state index in [-0.39, 0.29) is 11.0 Å². The number of nitrogens with zero attached hydrogens (tertiary/aromatic N) is 2. The van der Waals surface area contributed by atoms with Crippen molar-refractivity contribution < 1.29 is 22.4 Å². The molecule has 2 aromatic rings. The first-order valence-corrected chi connectivity index (χ1v) is 7.23. The molecule has 0 bridgehead atoms. The van der Waals surface area contributed by atoms with Gasteiger partial charge in [-0.15, -0.1) is 10.2 Å². The lowest BCUT2D eigenvalue weighted by Crippen LogP contribution is -2.34. The van der Waals surface area contributed by atoms with Gasteiger partial charge in [-0.05, 0) is 5.56 Å². The number of hydrogen-bond acceptors (Lipinski definition) is 5. The Balaban J connectivity index is 1.79. The quantitative estimate of drug-likeness (QED) is 0.824. The lowest BCUT2D eigenvalue weighted by Gasteiger charge is -2.06. The number of carbonyl (C=O) groups excluding carboxylic acids is 1. The monoisotopic (exact) mass is 331 g/mol. The maximum absolute atomic E-state index is 11.9. The van der Waals surface area contributed by atoms with E-state index in [9.17, 15) is 18.0 Å². The van der Waals surface area contributed by atoms with Gasteiger partial charge in [-0.3, -0.25) is 4.79 Å². The molecule has 0 aliphatic rings. The molecule has 0 spiro atoms. The topological polar surface area (TPSA) is 68.0 Å². The number of thioether (sulfide) groups is 1. The molecule has 0 saturated carbocycles. The van der Waals surface area contributed by atoms with E-state index in [4.69, 9.17) is 4.42 Å². The van der Waals surface area contributed by atoms with Crippen LogP contribution in [0.1, 0.15) is 11.5 Å². The third-order valence-electron chi connectivity index (χ3n) is 2.46. The molecule has 0 fully saturated rings. The first-order valence-electron chi connectivity index (χ1n) is 6.25. The van der Waals surface area contributed by atoms with E-state index >= 15 is 0 Å². The van der Waals surface area contributed by atoms with E-state index in [0.717, 1.165) is 17.3 Å². The number of amides is 1. The molecule has 118 valence electrons. The van der Waals surface area contributed by atoms with E-state index in [2.05, 4.69) is 10.2 Å². The molecule has 0 atom stereocenters. The second-order valence-corrected chi connectivity index (χ2v) is 5.23. The smallest absolute Gasteiger partial charge is 0.405 e. The predicted octanol–water partition coefficient (Wildman–Crippen LogP) is 2.43. The lowest BCUT2D eigenvalue weighted by molar-refractivity contribution is -0.136. The third-order valence-corrected chi connectivity index (χ3v) is 3.28. The van der Waals surface area contributed by atoms with Crippen LogP contribution in [0.3, 0.4) is 0 Å². The van der Waals surface area contributed by atoms with Crippen molar-refractivity contribution in [3.05, 3.63) is 41.8 Å². The number of alkyl halides is 3. The van der Waals surface area contributed by atoms with E-state index in [1.54, 1.807) is 5.32 Å². The summed E-state index contributed by atoms with van der Waals surface area (Å²) >= 11 is 0.891. The molecule has 0 aliphatic heterocycles. The van der Waals surface area contributed by atoms with Crippen molar-refractivity contribution in [2.24, 2.45) is 0 Å². The highest BCUT2D eigenvalue weighted by Crippen LogP contribution is 2.18. The molecule has 1 N–H and O–H groups in total. The minimum atomic E-state index is -4.42. The second-order valence-electron chi connectivity index (χ2n) is 4.30. The molecule has 1 aromatic heterocycles. The van der Waals surface area contributed by atoms with Crippen molar-refractivity contribution in [1.82, 2.24) is 15.5 Å². The predicted molar refractivity (Wildman–Crippen MR) is 73.3 cm³/mol. The Morgan fingerprint density at radius 3 is 2.64 bits per heavy atom. The Kier molecular flexibility index (Phi) is 5.42. The van der Waals surface area contributed by atoms with Crippen molar-refractivity contribution in [3.63, 3.8) is 0 Å². The minimum absolute atomic E-state index is 0.146. The zero-order valence-corrected chi connectivity index (χ0v) is 12.1. The fourth-order valence-electron chi connectivity index (χ4n) is 1.52. The molecule has 2 rings (SSSR count). The molecular weight excluding hydrogens is 319 g/mol. The highest BCUT2D eigenvalue weighted by Gasteiger charge is 2.27. The number of halogens is 3. The molecule has 0 aliphatic carbocycles. The van der Waals surface area contributed by atoms with E-state index in [1.165, 1.54) is 0 Å². The zero-order valence-electron chi connectivity index (χ0n) is 11.3. The maximum atomic E-state index is 11.9. The van der Waals surface area contributed by atoms with E-state index in [1.807, 2.05) is 30.3 Å². The Hall–Kier alpha value is -2.03. The summed E-state index contributed by atoms with van der Waals surface area (Å²) < 4.78 is 41.1. The highest BCUT2D eigenvalue weighted by molar-refractivity contribution is 7.99. The van der Waals surface area contributed by atoms with Gasteiger partial charge in [-0.2, -0.15) is 13.2 Å². The third kappa shape index (κ3) is 5.76. The number of rotatable bonds is 6. The number of carbonyl (C=O) groups is 1. The van der Waals surface area contributed by atoms with Crippen molar-refractivity contribution >= 4 is 17.7 Å². The average molecular weight is 331 g/mol. The van der Waals surface area contributed by atoms with Gasteiger partial charge in [-0.25, -0.2) is 0 Å². The normalized spacial score (nSPS) is 11.4. The summed E-state index contributed by atoms with van der Waals surface area (Å²) in [5, 5.41) is 9.47. The van der Waals surface area contributed by atoms with Crippen LogP contribution in [0.5, 0.6) is 0 Å². The number of aromatic nitrogens is 2. The van der Waals surface area contributed by atoms with Crippen LogP contribution in [-0.4, -0.2) is 34.6 Å². The Morgan fingerprint density at radius 1 is 1.23 bits per heavy atom. The average Bonchev–Trinajstić information content (AvgIpc) is 2.91. The van der Waals surface area contributed by atoms with Gasteiger partial charge in [0.2, 0.25) is 11.8 Å². The number of benzene rings is 1. The molecule has 1 heterocycles. The summed E-state index contributed by atoms with van der Waals surface area (Å²) in [5.41, 5.74) is 0.991. The maximum Gasteiger partial charge on any atom is 0.405 e. The largest absolute Gasteiger partial charge is 0.416 e. The van der Waals surface area contributed by atoms with Gasteiger partial charge in [0, 0.05) is 0 Å². The lowest BCUT2D eigenvalue weighted by atomic mass is 10.2. The van der Waals surface area contributed by atoms with Crippen LogP contribution < -0.4 is 5.32 Å². The fourth-order valence-corrected chi connectivity index (χ4v) is 2.13. The Labute approximate surface area is 128 Å². The van der Waals surface area contributed by atoms with Gasteiger partial charge >= 0.3 is 6.18 Å². The molecule has 0 saturated heterocycles. The van der Waals surface area contributed by atoms with Crippen LogP contribution in [0.4, 0.5) is 13.2 Å². The van der Waals surface area contributed by atoms with Gasteiger partial charge in [0.15, 0.2) is 0 Å². The molecule has 1 amide bonds. The van der Waals surface area contributed by atoms with E-state index in [0.29, 0.717) is 12.3 Å². The number of hydrogen-bond donors (Lipinski definition) is 1. The SMILES string of the molecule is O=C(CSc1nnc(Cc2ccccc2)o1)NCC(F)(F)F. The molecule has 22 heavy (non-hydrogen) atoms. The van der Waals surface area contributed by atoms with Crippen LogP contribution >= 0.6 is 11.8 Å². The van der Waals surface area contributed by atoms with Crippen LogP contribution in [-0.2, 0) is 11.2 Å². The summed E-state index contributed by atoms with van der Waals surface area (Å²) in [7, 11) is 0. The summed E-state index contributed by atoms with van der Waals surface area (Å²) in [6, 6.07) is 9.46. The van der Waals surface area contributed by atoms with Crippen molar-refractivity contribution in [2.45, 2.75) is 17.8 Å². The van der Waals surface area contributed by atoms with Gasteiger partial charge in [-0.1, -0.05) is 42.1 Å². The summed E-state index contributed by atoms with van der Waals surface area (Å²) in [6.45, 7) is -1.35. The van der Waals surface area contributed by atoms with Crippen molar-refractivity contribution in [2.75, 3.05) is 12.3 Å². The molecular formula is C13H12F3N3O2S. The van der Waals surface area contributed by atoms with E-state index < -0.39 is 18.6 Å². The first kappa shape index (κ1) is 16.3. The van der Waals surface area contributed by atoms with Gasteiger partial charge in [0.25, 0.3) is 5.22 Å². The Morgan fingerprint density at radius 2 is 1.95 bits per heavy atom. The zero-order chi connectivity index (χ0) is 16.0. The number of nitrogens with one attached hydrogen (secondary N) is 1. The van der Waals surface area contributed by atoms with Crippen LogP contribution in [0.2, 0.25) is 0 Å².